The molecule has 2 aromatic heterocycles. The maximum atomic E-state index is 14.4. The van der Waals surface area contributed by atoms with E-state index in [1.165, 1.54) is 13.1 Å². The van der Waals surface area contributed by atoms with E-state index in [-0.39, 0.29) is 23.5 Å². The molecule has 4 rings (SSSR count). The molecule has 2 amide bonds. The number of anilines is 1. The van der Waals surface area contributed by atoms with Crippen LogP contribution in [0.2, 0.25) is 0 Å². The number of nitrogens with zero attached hydrogens (tertiary/aromatic N) is 2. The third-order valence-corrected chi connectivity index (χ3v) is 5.22. The minimum Gasteiger partial charge on any atom is -0.346 e. The summed E-state index contributed by atoms with van der Waals surface area (Å²) in [6.45, 7) is 2.59. The van der Waals surface area contributed by atoms with Gasteiger partial charge in [-0.1, -0.05) is 0 Å². The quantitative estimate of drug-likeness (QED) is 0.728. The Bertz CT molecular complexity index is 1020. The average molecular weight is 380 g/mol. The summed E-state index contributed by atoms with van der Waals surface area (Å²) in [5, 5.41) is 3.50. The van der Waals surface area contributed by atoms with Crippen molar-refractivity contribution in [1.82, 2.24) is 14.9 Å². The summed E-state index contributed by atoms with van der Waals surface area (Å²) in [6, 6.07) is 8.72. The molecule has 2 N–H and O–H groups in total. The molecule has 0 radical (unpaired) electrons. The SMILES string of the molecule is CC(=O)Nc1ccc(C(=O)N2CCC(c3c(F)cnc4[nH]ccc34)CC2)cc1. The van der Waals surface area contributed by atoms with Crippen molar-refractivity contribution in [1.29, 1.82) is 0 Å². The Kier molecular flexibility index (Phi) is 4.81. The standard InChI is InChI=1S/C21H21FN4O2/c1-13(27)25-16-4-2-15(3-5-16)21(28)26-10-7-14(8-11-26)19-17-6-9-23-20(17)24-12-18(19)22/h2-6,9,12,14H,7-8,10-11H2,1H3,(H,23,24)(H,25,27). The first kappa shape index (κ1) is 18.2. The number of carbonyl (C=O) groups excluding carboxylic acids is 2. The van der Waals surface area contributed by atoms with Gasteiger partial charge in [0.1, 0.15) is 11.5 Å². The smallest absolute Gasteiger partial charge is 0.253 e. The van der Waals surface area contributed by atoms with Gasteiger partial charge >= 0.3 is 0 Å². The first-order chi connectivity index (χ1) is 13.5. The monoisotopic (exact) mass is 380 g/mol. The first-order valence-electron chi connectivity index (χ1n) is 9.31. The Morgan fingerprint density at radius 1 is 1.18 bits per heavy atom. The molecule has 1 fully saturated rings. The van der Waals surface area contributed by atoms with E-state index >= 15 is 0 Å². The molecule has 0 spiro atoms. The molecule has 0 bridgehead atoms. The molecule has 1 saturated heterocycles. The van der Waals surface area contributed by atoms with Crippen LogP contribution in [0.25, 0.3) is 11.0 Å². The Balaban J connectivity index is 1.45. The third-order valence-electron chi connectivity index (χ3n) is 5.22. The van der Waals surface area contributed by atoms with Gasteiger partial charge in [0, 0.05) is 48.4 Å². The lowest BCUT2D eigenvalue weighted by molar-refractivity contribution is -0.114. The maximum absolute atomic E-state index is 14.4. The second kappa shape index (κ2) is 7.42. The molecule has 3 aromatic rings. The number of fused-ring (bicyclic) bond motifs is 1. The van der Waals surface area contributed by atoms with E-state index in [0.29, 0.717) is 48.4 Å². The summed E-state index contributed by atoms with van der Waals surface area (Å²) in [6.07, 6.45) is 4.44. The lowest BCUT2D eigenvalue weighted by atomic mass is 9.87. The second-order valence-corrected chi connectivity index (χ2v) is 7.08. The molecule has 28 heavy (non-hydrogen) atoms. The predicted octanol–water partition coefficient (Wildman–Crippen LogP) is 3.68. The fourth-order valence-electron chi connectivity index (χ4n) is 3.87. The fraction of sp³-hybridized carbons (Fsp3) is 0.286. The zero-order valence-electron chi connectivity index (χ0n) is 15.5. The van der Waals surface area contributed by atoms with E-state index in [2.05, 4.69) is 15.3 Å². The van der Waals surface area contributed by atoms with Crippen LogP contribution in [0.4, 0.5) is 10.1 Å². The Morgan fingerprint density at radius 3 is 2.57 bits per heavy atom. The van der Waals surface area contributed by atoms with Crippen molar-refractivity contribution in [3.8, 4) is 0 Å². The summed E-state index contributed by atoms with van der Waals surface area (Å²) >= 11 is 0. The van der Waals surface area contributed by atoms with E-state index in [0.717, 1.165) is 5.39 Å². The van der Waals surface area contributed by atoms with Crippen LogP contribution in [0.3, 0.4) is 0 Å². The van der Waals surface area contributed by atoms with Crippen LogP contribution in [0.15, 0.2) is 42.7 Å². The number of likely N-dealkylation sites (tertiary alicyclic amines) is 1. The zero-order valence-corrected chi connectivity index (χ0v) is 15.5. The van der Waals surface area contributed by atoms with Crippen molar-refractivity contribution < 1.29 is 14.0 Å². The summed E-state index contributed by atoms with van der Waals surface area (Å²) in [5.74, 6) is -0.422. The fourth-order valence-corrected chi connectivity index (χ4v) is 3.87. The molecule has 7 heteroatoms. The normalized spacial score (nSPS) is 15.0. The average Bonchev–Trinajstić information content (AvgIpc) is 3.16. The van der Waals surface area contributed by atoms with Crippen LogP contribution in [0.5, 0.6) is 0 Å². The van der Waals surface area contributed by atoms with Crippen molar-refractivity contribution in [3.63, 3.8) is 0 Å². The van der Waals surface area contributed by atoms with Crippen molar-refractivity contribution in [2.45, 2.75) is 25.7 Å². The summed E-state index contributed by atoms with van der Waals surface area (Å²) < 4.78 is 14.4. The van der Waals surface area contributed by atoms with Gasteiger partial charge in [-0.2, -0.15) is 0 Å². The van der Waals surface area contributed by atoms with Crippen molar-refractivity contribution in [2.75, 3.05) is 18.4 Å². The number of pyridine rings is 1. The van der Waals surface area contributed by atoms with E-state index in [9.17, 15) is 14.0 Å². The highest BCUT2D eigenvalue weighted by molar-refractivity contribution is 5.95. The number of nitrogens with one attached hydrogen (secondary N) is 2. The van der Waals surface area contributed by atoms with Crippen LogP contribution >= 0.6 is 0 Å². The Labute approximate surface area is 161 Å². The molecule has 3 heterocycles. The van der Waals surface area contributed by atoms with Crippen LogP contribution in [0.1, 0.15) is 41.6 Å². The van der Waals surface area contributed by atoms with E-state index in [4.69, 9.17) is 0 Å². The number of piperidine rings is 1. The van der Waals surface area contributed by atoms with E-state index in [1.807, 2.05) is 6.07 Å². The summed E-state index contributed by atoms with van der Waals surface area (Å²) in [4.78, 5) is 32.8. The molecule has 0 atom stereocenters. The lowest BCUT2D eigenvalue weighted by Gasteiger charge is -2.32. The minimum absolute atomic E-state index is 0.0465. The summed E-state index contributed by atoms with van der Waals surface area (Å²) in [5.41, 5.74) is 2.62. The number of aromatic amines is 1. The number of rotatable bonds is 3. The number of benzene rings is 1. The van der Waals surface area contributed by atoms with Crippen LogP contribution in [0, 0.1) is 5.82 Å². The second-order valence-electron chi connectivity index (χ2n) is 7.08. The number of hydrogen-bond donors (Lipinski definition) is 2. The van der Waals surface area contributed by atoms with Gasteiger partial charge in [0.05, 0.1) is 6.20 Å². The van der Waals surface area contributed by atoms with Gasteiger partial charge in [-0.05, 0) is 49.1 Å². The molecular weight excluding hydrogens is 359 g/mol. The van der Waals surface area contributed by atoms with E-state index < -0.39 is 0 Å². The van der Waals surface area contributed by atoms with Gasteiger partial charge in [0.2, 0.25) is 5.91 Å². The lowest BCUT2D eigenvalue weighted by Crippen LogP contribution is -2.38. The Morgan fingerprint density at radius 2 is 1.89 bits per heavy atom. The van der Waals surface area contributed by atoms with Gasteiger partial charge in [0.15, 0.2) is 0 Å². The molecule has 1 aliphatic heterocycles. The number of aromatic nitrogens is 2. The van der Waals surface area contributed by atoms with Crippen LogP contribution in [-0.4, -0.2) is 39.8 Å². The van der Waals surface area contributed by atoms with Crippen molar-refractivity contribution in [3.05, 3.63) is 59.7 Å². The van der Waals surface area contributed by atoms with Gasteiger partial charge in [-0.25, -0.2) is 9.37 Å². The molecule has 0 aliphatic carbocycles. The van der Waals surface area contributed by atoms with Crippen molar-refractivity contribution >= 4 is 28.5 Å². The number of carbonyl (C=O) groups is 2. The zero-order chi connectivity index (χ0) is 19.7. The molecule has 0 unspecified atom stereocenters. The van der Waals surface area contributed by atoms with Gasteiger partial charge in [-0.15, -0.1) is 0 Å². The largest absolute Gasteiger partial charge is 0.346 e. The highest BCUT2D eigenvalue weighted by Crippen LogP contribution is 2.34. The van der Waals surface area contributed by atoms with E-state index in [1.54, 1.807) is 35.4 Å². The van der Waals surface area contributed by atoms with Crippen LogP contribution < -0.4 is 5.32 Å². The number of amides is 2. The van der Waals surface area contributed by atoms with Gasteiger partial charge in [-0.3, -0.25) is 9.59 Å². The first-order valence-corrected chi connectivity index (χ1v) is 9.31. The number of hydrogen-bond acceptors (Lipinski definition) is 3. The minimum atomic E-state index is -0.287. The molecule has 1 aromatic carbocycles. The van der Waals surface area contributed by atoms with Gasteiger partial charge in [0.25, 0.3) is 5.91 Å². The maximum Gasteiger partial charge on any atom is 0.253 e. The number of halogens is 1. The van der Waals surface area contributed by atoms with Gasteiger partial charge < -0.3 is 15.2 Å². The molecule has 1 aliphatic rings. The summed E-state index contributed by atoms with van der Waals surface area (Å²) in [7, 11) is 0. The highest BCUT2D eigenvalue weighted by Gasteiger charge is 2.27. The molecule has 6 nitrogen and oxygen atoms in total. The molecule has 144 valence electrons. The highest BCUT2D eigenvalue weighted by atomic mass is 19.1. The number of H-pyrrole nitrogens is 1. The van der Waals surface area contributed by atoms with Crippen molar-refractivity contribution in [2.24, 2.45) is 0 Å². The molecular formula is C21H21FN4O2. The molecule has 0 saturated carbocycles. The van der Waals surface area contributed by atoms with Crippen LogP contribution in [-0.2, 0) is 4.79 Å². The third kappa shape index (κ3) is 3.47. The predicted molar refractivity (Wildman–Crippen MR) is 105 cm³/mol. The Hall–Kier alpha value is -3.22. The topological polar surface area (TPSA) is 78.1 Å².